The molecular weight excluding hydrogens is 1610 g/mol. The number of ketones is 1. The number of carboxylic acids is 1. The number of halogens is 13. The number of alkyl halides is 12. The van der Waals surface area contributed by atoms with Crippen molar-refractivity contribution in [1.29, 1.82) is 0 Å². The predicted molar refractivity (Wildman–Crippen MR) is 375 cm³/mol. The number of oxazole rings is 4. The topological polar surface area (TPSA) is 459 Å². The summed E-state index contributed by atoms with van der Waals surface area (Å²) >= 11 is 3.20. The Labute approximate surface area is 642 Å². The monoisotopic (exact) mass is 1670 g/mol. The van der Waals surface area contributed by atoms with E-state index in [2.05, 4.69) is 90.5 Å². The highest BCUT2D eigenvalue weighted by Crippen LogP contribution is 2.35. The van der Waals surface area contributed by atoms with Gasteiger partial charge in [0.05, 0.1) is 111 Å². The van der Waals surface area contributed by atoms with Crippen LogP contribution in [0.5, 0.6) is 0 Å². The molecule has 0 saturated carbocycles. The van der Waals surface area contributed by atoms with Gasteiger partial charge in [-0.1, -0.05) is 12.1 Å². The van der Waals surface area contributed by atoms with Gasteiger partial charge in [-0.2, -0.15) is 52.7 Å². The van der Waals surface area contributed by atoms with Crippen molar-refractivity contribution in [3.63, 3.8) is 0 Å². The van der Waals surface area contributed by atoms with Gasteiger partial charge in [-0.15, -0.1) is 0 Å². The molecule has 12 aromatic rings. The minimum absolute atomic E-state index is 0.0586. The molecule has 2 atom stereocenters. The van der Waals surface area contributed by atoms with Gasteiger partial charge in [0.2, 0.25) is 0 Å². The Morgan fingerprint density at radius 2 is 0.833 bits per heavy atom. The maximum Gasteiger partial charge on any atom is 0.417 e. The fraction of sp³-hybridized carbons (Fsp3) is 0.211. The third-order valence-corrected chi connectivity index (χ3v) is 14.8. The Bertz CT molecular complexity index is 5020. The molecule has 600 valence electrons. The van der Waals surface area contributed by atoms with Gasteiger partial charge in [-0.05, 0) is 118 Å². The number of carbonyl (C=O) groups is 4. The standard InChI is InChI=1S/C20H18F3N3O4.C16H11F3N4O3.C16H10F3N3O3.C9H6F3N3O.C7H6BrNO2.C3H9NO2/c21-20(22,23)13-2-5-16(25-9-13)18-10-26-19(30-18)7-12-1-4-15(24-8-12)17(29)6-3-14(28)11-27;1-25-14(24)12-5-3-10(7-21-12)23-15-22-8-13(26-15)11-4-2-9(6-20-11)16(17,18)19;17-16(18,19)10-2-4-11(21-7-10)13-8-22-14(25-13)5-9-1-3-12(15(23)24)20-6-9;10-9(11,12)5-1-2-6(14-3-5)7-4-15-8(13)16-7;1-11-7(10)6-3-2-5(8)4-9-6;4-1-3(6)2-5/h1-2,4-5,8-10,14,27-28H,3,6-7,11H2;2-8H,1H3,(H,22,23);1-4,6-8H,5H2,(H,23,24);1-4H,(H2,13,15);2-4H,1H3;3,5-6H,1-2,4H2/t14-;;;;;3-/m1....1/s1. The van der Waals surface area contributed by atoms with Crippen LogP contribution in [0.1, 0.15) is 100.0 Å². The summed E-state index contributed by atoms with van der Waals surface area (Å²) in [5.74, 6) is -0.841. The Morgan fingerprint density at radius 3 is 1.16 bits per heavy atom. The van der Waals surface area contributed by atoms with Crippen molar-refractivity contribution < 1.29 is 125 Å². The normalized spacial score (nSPS) is 11.7. The lowest BCUT2D eigenvalue weighted by Crippen LogP contribution is -2.22. The first-order valence-electron chi connectivity index (χ1n) is 32.1. The van der Waals surface area contributed by atoms with E-state index in [0.29, 0.717) is 28.7 Å². The van der Waals surface area contributed by atoms with Crippen LogP contribution in [0.15, 0.2) is 194 Å². The van der Waals surface area contributed by atoms with Gasteiger partial charge in [-0.3, -0.25) is 29.7 Å². The molecule has 0 fully saturated rings. The summed E-state index contributed by atoms with van der Waals surface area (Å²) in [6.07, 6.45) is -4.59. The zero-order valence-electron chi connectivity index (χ0n) is 58.5. The zero-order valence-corrected chi connectivity index (χ0v) is 60.1. The smallest absolute Gasteiger partial charge is 0.417 e. The summed E-state index contributed by atoms with van der Waals surface area (Å²) in [6, 6.07) is 21.0. The van der Waals surface area contributed by atoms with Crippen LogP contribution in [0.2, 0.25) is 0 Å². The van der Waals surface area contributed by atoms with Crippen molar-refractivity contribution in [2.75, 3.05) is 45.0 Å². The molecule has 0 aliphatic heterocycles. The zero-order chi connectivity index (χ0) is 83.5. The molecule has 12 heterocycles. The van der Waals surface area contributed by atoms with E-state index in [1.54, 1.807) is 42.6 Å². The number of methoxy groups -OCH3 is 2. The number of aliphatic hydroxyl groups excluding tert-OH is 4. The number of aromatic carboxylic acids is 1. The molecule has 0 aliphatic rings. The first-order valence-corrected chi connectivity index (χ1v) is 32.9. The van der Waals surface area contributed by atoms with Gasteiger partial charge in [0.15, 0.2) is 40.6 Å². The molecule has 0 aromatic carbocycles. The van der Waals surface area contributed by atoms with Crippen LogP contribution in [0.4, 0.5) is 70.4 Å². The van der Waals surface area contributed by atoms with Crippen LogP contribution < -0.4 is 16.8 Å². The quantitative estimate of drug-likeness (QED) is 0.0200. The van der Waals surface area contributed by atoms with Crippen molar-refractivity contribution in [2.24, 2.45) is 5.73 Å². The molecule has 12 aromatic heterocycles. The second-order valence-corrected chi connectivity index (χ2v) is 23.5. The fourth-order valence-corrected chi connectivity index (χ4v) is 8.65. The van der Waals surface area contributed by atoms with Gasteiger partial charge in [-0.25, -0.2) is 49.3 Å². The van der Waals surface area contributed by atoms with Gasteiger partial charge < -0.3 is 69.5 Å². The van der Waals surface area contributed by atoms with Crippen LogP contribution in [0, 0.1) is 0 Å². The number of carboxylic acid groups (broad SMARTS) is 1. The second kappa shape index (κ2) is 40.9. The van der Waals surface area contributed by atoms with E-state index < -0.39 is 83.7 Å². The summed E-state index contributed by atoms with van der Waals surface area (Å²) in [7, 11) is 2.58. The molecular formula is C71H60BrF12N15O15. The highest BCUT2D eigenvalue weighted by Gasteiger charge is 2.34. The van der Waals surface area contributed by atoms with E-state index in [1.807, 2.05) is 0 Å². The Balaban J connectivity index is 0.000000199. The number of Topliss-reactive ketones (excluding diaryl/α,β-unsaturated/α-hetero) is 1. The van der Waals surface area contributed by atoms with E-state index in [1.165, 1.54) is 94.0 Å². The maximum atomic E-state index is 12.6. The van der Waals surface area contributed by atoms with Crippen LogP contribution in [0.25, 0.3) is 45.8 Å². The third kappa shape index (κ3) is 27.6. The predicted octanol–water partition coefficient (Wildman–Crippen LogP) is 12.4. The average molecular weight is 1670 g/mol. The van der Waals surface area contributed by atoms with Crippen molar-refractivity contribution in [3.8, 4) is 45.8 Å². The third-order valence-electron chi connectivity index (χ3n) is 14.3. The minimum atomic E-state index is -4.46. The number of ether oxygens (including phenoxy) is 2. The second-order valence-electron chi connectivity index (χ2n) is 22.6. The summed E-state index contributed by atoms with van der Waals surface area (Å²) in [5, 5.41) is 46.0. The number of nitrogen functional groups attached to an aromatic ring is 1. The molecule has 0 amide bonds. The Kier molecular flexibility index (Phi) is 31.7. The maximum absolute atomic E-state index is 12.6. The Morgan fingerprint density at radius 1 is 0.447 bits per heavy atom. The molecule has 0 aliphatic carbocycles. The van der Waals surface area contributed by atoms with E-state index >= 15 is 0 Å². The van der Waals surface area contributed by atoms with E-state index in [9.17, 15) is 77.0 Å². The molecule has 0 bridgehead atoms. The van der Waals surface area contributed by atoms with Crippen LogP contribution >= 0.6 is 15.9 Å². The van der Waals surface area contributed by atoms with Crippen molar-refractivity contribution in [2.45, 2.75) is 62.6 Å². The first-order chi connectivity index (χ1) is 54.0. The fourth-order valence-electron chi connectivity index (χ4n) is 8.41. The highest BCUT2D eigenvalue weighted by atomic mass is 79.9. The molecule has 0 unspecified atom stereocenters. The lowest BCUT2D eigenvalue weighted by atomic mass is 10.1. The van der Waals surface area contributed by atoms with Crippen LogP contribution in [-0.2, 0) is 47.0 Å². The molecule has 30 nitrogen and oxygen atoms in total. The van der Waals surface area contributed by atoms with Gasteiger partial charge in [0, 0.05) is 60.8 Å². The van der Waals surface area contributed by atoms with E-state index in [-0.39, 0.29) is 120 Å². The number of rotatable bonds is 20. The first kappa shape index (κ1) is 88.4. The molecule has 0 spiro atoms. The number of hydrogen-bond acceptors (Lipinski definition) is 29. The number of nitrogens with two attached hydrogens (primary N) is 2. The van der Waals surface area contributed by atoms with Gasteiger partial charge >= 0.3 is 42.6 Å². The van der Waals surface area contributed by atoms with Crippen molar-refractivity contribution in [1.82, 2.24) is 59.8 Å². The summed E-state index contributed by atoms with van der Waals surface area (Å²) < 4.78 is 181. The number of nitrogens with one attached hydrogen (secondary N) is 1. The van der Waals surface area contributed by atoms with Gasteiger partial charge in [0.25, 0.3) is 12.0 Å². The van der Waals surface area contributed by atoms with E-state index in [0.717, 1.165) is 59.1 Å². The van der Waals surface area contributed by atoms with Crippen molar-refractivity contribution in [3.05, 3.63) is 244 Å². The number of nitrogens with zero attached hydrogens (tertiary/aromatic N) is 12. The SMILES string of the molecule is COC(=O)c1ccc(Br)cn1.COC(=O)c1ccc(Nc2ncc(-c3ccc(C(F)(F)F)cn3)o2)cn1.NC[C@@H](O)CO.Nc1ncc(-c2ccc(C(F)(F)F)cn2)o1.O=C(CC[C@@H](O)CO)c1ccc(Cc2ncc(-c3ccc(C(F)(F)F)cn3)o2)cn1.O=C(O)c1ccc(Cc2ncc(-c3ccc(C(F)(F)F)cn3)o2)cn1. The highest BCUT2D eigenvalue weighted by molar-refractivity contribution is 9.10. The van der Waals surface area contributed by atoms with Crippen molar-refractivity contribution >= 4 is 57.3 Å². The number of anilines is 3. The minimum Gasteiger partial charge on any atom is -0.477 e. The van der Waals surface area contributed by atoms with Crippen LogP contribution in [0.3, 0.4) is 0 Å². The number of esters is 2. The summed E-state index contributed by atoms with van der Waals surface area (Å²) in [6.45, 7) is -0.507. The molecule has 10 N–H and O–H groups in total. The molecule has 114 heavy (non-hydrogen) atoms. The molecule has 12 rings (SSSR count). The lowest BCUT2D eigenvalue weighted by Gasteiger charge is -2.06. The van der Waals surface area contributed by atoms with Gasteiger partial charge in [0.1, 0.15) is 45.6 Å². The number of aromatic nitrogens is 12. The summed E-state index contributed by atoms with van der Waals surface area (Å²) in [5.41, 5.74) is 10.2. The Hall–Kier alpha value is -12.8. The number of hydrogen-bond donors (Lipinski definition) is 8. The largest absolute Gasteiger partial charge is 0.477 e. The number of pyridine rings is 8. The average Bonchev–Trinajstić information content (AvgIpc) is 1.65. The van der Waals surface area contributed by atoms with E-state index in [4.69, 9.17) is 49.6 Å². The lowest BCUT2D eigenvalue weighted by molar-refractivity contribution is -0.138. The molecule has 43 heteroatoms. The summed E-state index contributed by atoms with van der Waals surface area (Å²) in [4.78, 5) is 91.1. The molecule has 0 saturated heterocycles. The number of aliphatic hydroxyl groups is 4. The van der Waals surface area contributed by atoms with Crippen LogP contribution in [-0.4, -0.2) is 155 Å². The molecule has 0 radical (unpaired) electrons. The number of carbonyl (C=O) groups excluding carboxylic acids is 3.